The molecule has 0 saturated heterocycles. The van der Waals surface area contributed by atoms with E-state index < -0.39 is 11.3 Å². The van der Waals surface area contributed by atoms with Crippen LogP contribution < -0.4 is 11.0 Å². The Morgan fingerprint density at radius 1 is 1.07 bits per heavy atom. The van der Waals surface area contributed by atoms with Crippen molar-refractivity contribution in [3.63, 3.8) is 0 Å². The number of nitrogens with one attached hydrogen (secondary N) is 1. The van der Waals surface area contributed by atoms with Crippen molar-refractivity contribution in [1.82, 2.24) is 9.36 Å². The SMILES string of the molecule is Cc1ccc(N/N=C(\C#N)C(=O)c2c(C)n(C)n(-c3ccccc3)c2=O)cc1. The fourth-order valence-corrected chi connectivity index (χ4v) is 2.82. The van der Waals surface area contributed by atoms with E-state index in [1.807, 2.05) is 25.1 Å². The third kappa shape index (κ3) is 3.48. The zero-order chi connectivity index (χ0) is 20.3. The molecule has 0 aliphatic rings. The lowest BCUT2D eigenvalue weighted by Crippen LogP contribution is -2.25. The number of nitrogens with zero attached hydrogens (tertiary/aromatic N) is 4. The van der Waals surface area contributed by atoms with Crippen LogP contribution in [0.3, 0.4) is 0 Å². The number of rotatable bonds is 5. The molecule has 0 bridgehead atoms. The van der Waals surface area contributed by atoms with Crippen LogP contribution in [0.25, 0.3) is 5.69 Å². The van der Waals surface area contributed by atoms with Crippen LogP contribution in [0, 0.1) is 25.2 Å². The van der Waals surface area contributed by atoms with E-state index in [0.717, 1.165) is 5.56 Å². The van der Waals surface area contributed by atoms with Crippen LogP contribution in [0.1, 0.15) is 21.6 Å². The van der Waals surface area contributed by atoms with E-state index in [4.69, 9.17) is 0 Å². The van der Waals surface area contributed by atoms with E-state index in [0.29, 0.717) is 17.1 Å². The summed E-state index contributed by atoms with van der Waals surface area (Å²) in [4.78, 5) is 25.8. The zero-order valence-corrected chi connectivity index (χ0v) is 15.8. The molecule has 7 nitrogen and oxygen atoms in total. The summed E-state index contributed by atoms with van der Waals surface area (Å²) in [6.45, 7) is 3.61. The van der Waals surface area contributed by atoms with E-state index >= 15 is 0 Å². The van der Waals surface area contributed by atoms with Crippen LogP contribution in [0.5, 0.6) is 0 Å². The molecule has 2 aromatic carbocycles. The Balaban J connectivity index is 1.99. The number of aryl methyl sites for hydroxylation is 1. The van der Waals surface area contributed by atoms with Crippen LogP contribution in [0.15, 0.2) is 64.5 Å². The predicted molar refractivity (Wildman–Crippen MR) is 108 cm³/mol. The Labute approximate surface area is 162 Å². The van der Waals surface area contributed by atoms with E-state index in [1.165, 1.54) is 4.68 Å². The maximum atomic E-state index is 12.9. The molecule has 0 atom stereocenters. The van der Waals surface area contributed by atoms with Gasteiger partial charge in [0.2, 0.25) is 11.5 Å². The van der Waals surface area contributed by atoms with Crippen molar-refractivity contribution in [2.45, 2.75) is 13.8 Å². The molecule has 28 heavy (non-hydrogen) atoms. The van der Waals surface area contributed by atoms with E-state index in [9.17, 15) is 14.9 Å². The molecular formula is C21H19N5O2. The minimum Gasteiger partial charge on any atom is -0.286 e. The average molecular weight is 373 g/mol. The Bertz CT molecular complexity index is 1150. The van der Waals surface area contributed by atoms with Crippen LogP contribution in [0.2, 0.25) is 0 Å². The number of hydrazone groups is 1. The van der Waals surface area contributed by atoms with Crippen LogP contribution >= 0.6 is 0 Å². The van der Waals surface area contributed by atoms with Gasteiger partial charge in [-0.2, -0.15) is 10.4 Å². The summed E-state index contributed by atoms with van der Waals surface area (Å²) in [5.74, 6) is -0.713. The summed E-state index contributed by atoms with van der Waals surface area (Å²) in [6.07, 6.45) is 0. The number of hydrogen-bond acceptors (Lipinski definition) is 5. The van der Waals surface area contributed by atoms with Gasteiger partial charge in [0.1, 0.15) is 11.6 Å². The molecule has 3 aromatic rings. The molecule has 3 rings (SSSR count). The standard InChI is InChI=1S/C21H19N5O2/c1-14-9-11-16(12-10-14)23-24-18(13-22)20(27)19-15(2)25(3)26(21(19)28)17-7-5-4-6-8-17/h4-12,23H,1-3H3/b24-18+. The molecule has 1 heterocycles. The molecule has 1 N–H and O–H groups in total. The van der Waals surface area contributed by atoms with Crippen molar-refractivity contribution < 1.29 is 4.79 Å². The highest BCUT2D eigenvalue weighted by Crippen LogP contribution is 2.12. The Kier molecular flexibility index (Phi) is 5.23. The summed E-state index contributed by atoms with van der Waals surface area (Å²) in [5, 5.41) is 13.3. The van der Waals surface area contributed by atoms with E-state index in [1.54, 1.807) is 61.1 Å². The second kappa shape index (κ2) is 7.76. The fraction of sp³-hybridized carbons (Fsp3) is 0.143. The number of hydrogen-bond donors (Lipinski definition) is 1. The van der Waals surface area contributed by atoms with Crippen LogP contribution in [-0.2, 0) is 7.05 Å². The second-order valence-electron chi connectivity index (χ2n) is 6.32. The lowest BCUT2D eigenvalue weighted by molar-refractivity contribution is 0.106. The van der Waals surface area contributed by atoms with Gasteiger partial charge in [0, 0.05) is 12.7 Å². The Hall–Kier alpha value is -3.92. The molecule has 1 aromatic heterocycles. The molecule has 0 amide bonds. The first kappa shape index (κ1) is 18.9. The summed E-state index contributed by atoms with van der Waals surface area (Å²) < 4.78 is 2.98. The number of carbonyl (C=O) groups excluding carboxylic acids is 1. The van der Waals surface area contributed by atoms with Crippen molar-refractivity contribution in [2.75, 3.05) is 5.43 Å². The van der Waals surface area contributed by atoms with Crippen LogP contribution in [0.4, 0.5) is 5.69 Å². The van der Waals surface area contributed by atoms with Crippen molar-refractivity contribution >= 4 is 17.2 Å². The maximum Gasteiger partial charge on any atom is 0.283 e. The van der Waals surface area contributed by atoms with Crippen molar-refractivity contribution in [2.24, 2.45) is 12.1 Å². The molecule has 0 unspecified atom stereocenters. The third-order valence-electron chi connectivity index (χ3n) is 4.45. The van der Waals surface area contributed by atoms with Gasteiger partial charge in [-0.3, -0.25) is 19.7 Å². The summed E-state index contributed by atoms with van der Waals surface area (Å²) in [6, 6.07) is 18.1. The van der Waals surface area contributed by atoms with Gasteiger partial charge in [-0.25, -0.2) is 4.68 Å². The lowest BCUT2D eigenvalue weighted by Gasteiger charge is -2.07. The highest BCUT2D eigenvalue weighted by atomic mass is 16.2. The number of anilines is 1. The predicted octanol–water partition coefficient (Wildman–Crippen LogP) is 2.97. The van der Waals surface area contributed by atoms with Gasteiger partial charge < -0.3 is 0 Å². The first-order valence-electron chi connectivity index (χ1n) is 8.63. The molecule has 0 aliphatic carbocycles. The molecule has 0 radical (unpaired) electrons. The maximum absolute atomic E-state index is 12.9. The molecule has 0 fully saturated rings. The molecular weight excluding hydrogens is 354 g/mol. The molecule has 0 spiro atoms. The van der Waals surface area contributed by atoms with Gasteiger partial charge in [0.25, 0.3) is 5.56 Å². The van der Waals surface area contributed by atoms with Crippen molar-refractivity contribution in [3.8, 4) is 11.8 Å². The zero-order valence-electron chi connectivity index (χ0n) is 15.8. The van der Waals surface area contributed by atoms with Crippen molar-refractivity contribution in [1.29, 1.82) is 5.26 Å². The summed E-state index contributed by atoms with van der Waals surface area (Å²) in [7, 11) is 1.69. The molecule has 140 valence electrons. The highest BCUT2D eigenvalue weighted by Gasteiger charge is 2.26. The van der Waals surface area contributed by atoms with Gasteiger partial charge in [0.15, 0.2) is 0 Å². The Morgan fingerprint density at radius 2 is 1.71 bits per heavy atom. The minimum absolute atomic E-state index is 0.0719. The first-order chi connectivity index (χ1) is 13.4. The number of aromatic nitrogens is 2. The van der Waals surface area contributed by atoms with Gasteiger partial charge in [0.05, 0.1) is 11.4 Å². The van der Waals surface area contributed by atoms with E-state index in [2.05, 4.69) is 10.5 Å². The topological polar surface area (TPSA) is 92.2 Å². The second-order valence-corrected chi connectivity index (χ2v) is 6.32. The first-order valence-corrected chi connectivity index (χ1v) is 8.63. The van der Waals surface area contributed by atoms with Crippen LogP contribution in [-0.4, -0.2) is 20.9 Å². The Morgan fingerprint density at radius 3 is 2.32 bits per heavy atom. The smallest absolute Gasteiger partial charge is 0.283 e. The largest absolute Gasteiger partial charge is 0.286 e. The molecule has 7 heteroatoms. The minimum atomic E-state index is -0.713. The number of nitriles is 1. The number of carbonyl (C=O) groups is 1. The monoisotopic (exact) mass is 373 g/mol. The number of benzene rings is 2. The van der Waals surface area contributed by atoms with Gasteiger partial charge in [-0.05, 0) is 38.1 Å². The number of ketones is 1. The summed E-state index contributed by atoms with van der Waals surface area (Å²) in [5.41, 5.74) is 4.55. The van der Waals surface area contributed by atoms with Crippen molar-refractivity contribution in [3.05, 3.63) is 81.8 Å². The van der Waals surface area contributed by atoms with E-state index in [-0.39, 0.29) is 11.3 Å². The fourth-order valence-electron chi connectivity index (χ4n) is 2.82. The quantitative estimate of drug-likeness (QED) is 0.423. The normalized spacial score (nSPS) is 11.1. The highest BCUT2D eigenvalue weighted by molar-refractivity contribution is 6.51. The van der Waals surface area contributed by atoms with Gasteiger partial charge >= 0.3 is 0 Å². The average Bonchev–Trinajstić information content (AvgIpc) is 2.92. The van der Waals surface area contributed by atoms with Gasteiger partial charge in [-0.1, -0.05) is 35.9 Å². The third-order valence-corrected chi connectivity index (χ3v) is 4.45. The number of Topliss-reactive ketones (excluding diaryl/α,β-unsaturated/α-hetero) is 1. The van der Waals surface area contributed by atoms with Gasteiger partial charge in [-0.15, -0.1) is 0 Å². The lowest BCUT2D eigenvalue weighted by atomic mass is 10.1. The summed E-state index contributed by atoms with van der Waals surface area (Å²) >= 11 is 0. The molecule has 0 saturated carbocycles. The molecule has 0 aliphatic heterocycles. The number of para-hydroxylation sites is 1.